The molecule has 0 bridgehead atoms. The van der Waals surface area contributed by atoms with Gasteiger partial charge in [-0.25, -0.2) is 9.67 Å². The van der Waals surface area contributed by atoms with Crippen molar-refractivity contribution in [3.63, 3.8) is 0 Å². The first-order valence-corrected chi connectivity index (χ1v) is 6.93. The van der Waals surface area contributed by atoms with Gasteiger partial charge in [0.25, 0.3) is 0 Å². The topological polar surface area (TPSA) is 56.7 Å². The molecule has 3 rings (SSSR count). The summed E-state index contributed by atoms with van der Waals surface area (Å²) in [4.78, 5) is 4.77. The van der Waals surface area contributed by atoms with Gasteiger partial charge in [0.2, 0.25) is 0 Å². The average Bonchev–Trinajstić information content (AvgIpc) is 2.97. The largest absolute Gasteiger partial charge is 0.326 e. The third-order valence-corrected chi connectivity index (χ3v) is 4.28. The number of hydrogen-bond acceptors (Lipinski definition) is 3. The Labute approximate surface area is 117 Å². The molecule has 2 aromatic rings. The molecule has 0 atom stereocenters. The molecule has 2 heterocycles. The van der Waals surface area contributed by atoms with Crippen molar-refractivity contribution in [3.05, 3.63) is 39.3 Å². The van der Waals surface area contributed by atoms with E-state index >= 15 is 0 Å². The van der Waals surface area contributed by atoms with Crippen LogP contribution in [0.2, 0.25) is 5.02 Å². The zero-order valence-corrected chi connectivity index (χ0v) is 12.0. The number of pyridine rings is 1. The van der Waals surface area contributed by atoms with Gasteiger partial charge in [-0.15, -0.1) is 0 Å². The molecule has 100 valence electrons. The summed E-state index contributed by atoms with van der Waals surface area (Å²) < 4.78 is 1.82. The van der Waals surface area contributed by atoms with Gasteiger partial charge in [-0.3, -0.25) is 0 Å². The lowest BCUT2D eigenvalue weighted by atomic mass is 10.1. The molecule has 1 aliphatic carbocycles. The summed E-state index contributed by atoms with van der Waals surface area (Å²) >= 11 is 6.22. The molecular weight excluding hydrogens is 260 g/mol. The number of hydrogen-bond donors (Lipinski definition) is 1. The Balaban J connectivity index is 2.21. The second kappa shape index (κ2) is 4.62. The lowest BCUT2D eigenvalue weighted by Crippen LogP contribution is -2.11. The molecule has 0 spiro atoms. The summed E-state index contributed by atoms with van der Waals surface area (Å²) in [5.74, 6) is 0.829. The van der Waals surface area contributed by atoms with Crippen LogP contribution in [0.25, 0.3) is 5.82 Å². The molecule has 0 saturated carbocycles. The number of halogens is 1. The quantitative estimate of drug-likeness (QED) is 0.917. The van der Waals surface area contributed by atoms with E-state index in [1.165, 1.54) is 17.7 Å². The van der Waals surface area contributed by atoms with Crippen molar-refractivity contribution < 1.29 is 0 Å². The van der Waals surface area contributed by atoms with E-state index in [4.69, 9.17) is 22.3 Å². The monoisotopic (exact) mass is 276 g/mol. The van der Waals surface area contributed by atoms with E-state index in [0.29, 0.717) is 11.6 Å². The van der Waals surface area contributed by atoms with Gasteiger partial charge in [0, 0.05) is 17.8 Å². The fourth-order valence-electron chi connectivity index (χ4n) is 2.67. The average molecular weight is 277 g/mol. The third-order valence-electron chi connectivity index (χ3n) is 3.73. The van der Waals surface area contributed by atoms with Crippen LogP contribution in [-0.2, 0) is 19.4 Å². The van der Waals surface area contributed by atoms with E-state index in [1.54, 1.807) is 0 Å². The number of aromatic nitrogens is 3. The Morgan fingerprint density at radius 2 is 2.16 bits per heavy atom. The summed E-state index contributed by atoms with van der Waals surface area (Å²) in [7, 11) is 0. The predicted molar refractivity (Wildman–Crippen MR) is 75.8 cm³/mol. The van der Waals surface area contributed by atoms with Gasteiger partial charge >= 0.3 is 0 Å². The highest BCUT2D eigenvalue weighted by molar-refractivity contribution is 6.31. The maximum Gasteiger partial charge on any atom is 0.158 e. The summed E-state index contributed by atoms with van der Waals surface area (Å²) in [6.07, 6.45) is 3.32. The van der Waals surface area contributed by atoms with Crippen LogP contribution in [-0.4, -0.2) is 14.8 Å². The summed E-state index contributed by atoms with van der Waals surface area (Å²) in [5, 5.41) is 5.18. The minimum absolute atomic E-state index is 0.464. The minimum atomic E-state index is 0.464. The summed E-state index contributed by atoms with van der Waals surface area (Å²) in [6, 6.07) is 2.18. The van der Waals surface area contributed by atoms with Gasteiger partial charge in [0.1, 0.15) is 0 Å². The highest BCUT2D eigenvalue weighted by atomic mass is 35.5. The van der Waals surface area contributed by atoms with Crippen LogP contribution in [0.3, 0.4) is 0 Å². The predicted octanol–water partition coefficient (Wildman–Crippen LogP) is 2.48. The van der Waals surface area contributed by atoms with Gasteiger partial charge in [0.05, 0.1) is 16.4 Å². The molecular formula is C14H17ClN4. The van der Waals surface area contributed by atoms with E-state index in [1.807, 2.05) is 18.5 Å². The first kappa shape index (κ1) is 12.6. The second-order valence-corrected chi connectivity index (χ2v) is 5.41. The van der Waals surface area contributed by atoms with Gasteiger partial charge in [-0.1, -0.05) is 11.6 Å². The third kappa shape index (κ3) is 1.95. The first-order chi connectivity index (χ1) is 9.11. The highest BCUT2D eigenvalue weighted by Gasteiger charge is 2.19. The maximum absolute atomic E-state index is 6.22. The smallest absolute Gasteiger partial charge is 0.158 e. The standard InChI is InChI=1S/C14H17ClN4/c1-8-13(15)9(2)19(18-8)14-11(7-16)6-10-4-3-5-12(10)17-14/h6H,3-5,7,16H2,1-2H3. The van der Waals surface area contributed by atoms with Crippen LogP contribution in [0.1, 0.15) is 34.6 Å². The Morgan fingerprint density at radius 1 is 1.37 bits per heavy atom. The molecule has 2 N–H and O–H groups in total. The van der Waals surface area contributed by atoms with E-state index in [2.05, 4.69) is 11.2 Å². The second-order valence-electron chi connectivity index (χ2n) is 5.03. The zero-order valence-electron chi connectivity index (χ0n) is 11.2. The lowest BCUT2D eigenvalue weighted by Gasteiger charge is -2.11. The molecule has 0 aliphatic heterocycles. The summed E-state index contributed by atoms with van der Waals surface area (Å²) in [6.45, 7) is 4.32. The van der Waals surface area contributed by atoms with Crippen molar-refractivity contribution in [1.29, 1.82) is 0 Å². The summed E-state index contributed by atoms with van der Waals surface area (Å²) in [5.41, 5.74) is 11.1. The number of nitrogens with zero attached hydrogens (tertiary/aromatic N) is 3. The molecule has 2 aromatic heterocycles. The fraction of sp³-hybridized carbons (Fsp3) is 0.429. The van der Waals surface area contributed by atoms with Gasteiger partial charge in [-0.05, 0) is 44.7 Å². The number of nitrogens with two attached hydrogens (primary N) is 1. The molecule has 0 fully saturated rings. The van der Waals surface area contributed by atoms with Crippen molar-refractivity contribution in [1.82, 2.24) is 14.8 Å². The van der Waals surface area contributed by atoms with Crippen LogP contribution in [0.5, 0.6) is 0 Å². The van der Waals surface area contributed by atoms with E-state index in [9.17, 15) is 0 Å². The zero-order chi connectivity index (χ0) is 13.6. The Bertz CT molecular complexity index is 645. The van der Waals surface area contributed by atoms with Gasteiger partial charge < -0.3 is 5.73 Å². The maximum atomic E-state index is 6.22. The van der Waals surface area contributed by atoms with E-state index in [-0.39, 0.29) is 0 Å². The van der Waals surface area contributed by atoms with Crippen molar-refractivity contribution in [2.24, 2.45) is 5.73 Å². The normalized spacial score (nSPS) is 13.9. The lowest BCUT2D eigenvalue weighted by molar-refractivity contribution is 0.779. The van der Waals surface area contributed by atoms with Crippen LogP contribution < -0.4 is 5.73 Å². The highest BCUT2D eigenvalue weighted by Crippen LogP contribution is 2.27. The van der Waals surface area contributed by atoms with Crippen LogP contribution in [0, 0.1) is 13.8 Å². The first-order valence-electron chi connectivity index (χ1n) is 6.55. The molecule has 0 aromatic carbocycles. The molecule has 5 heteroatoms. The van der Waals surface area contributed by atoms with E-state index in [0.717, 1.165) is 35.6 Å². The minimum Gasteiger partial charge on any atom is -0.326 e. The SMILES string of the molecule is Cc1nn(-c2nc3c(cc2CN)CCC3)c(C)c1Cl. The van der Waals surface area contributed by atoms with Crippen LogP contribution in [0.4, 0.5) is 0 Å². The van der Waals surface area contributed by atoms with Crippen molar-refractivity contribution in [2.45, 2.75) is 39.7 Å². The van der Waals surface area contributed by atoms with E-state index < -0.39 is 0 Å². The number of aryl methyl sites for hydroxylation is 3. The molecule has 0 amide bonds. The Hall–Kier alpha value is -1.39. The molecule has 0 unspecified atom stereocenters. The number of rotatable bonds is 2. The Morgan fingerprint density at radius 3 is 2.79 bits per heavy atom. The fourth-order valence-corrected chi connectivity index (χ4v) is 2.79. The number of fused-ring (bicyclic) bond motifs is 1. The molecule has 4 nitrogen and oxygen atoms in total. The van der Waals surface area contributed by atoms with Gasteiger partial charge in [0.15, 0.2) is 5.82 Å². The van der Waals surface area contributed by atoms with Gasteiger partial charge in [-0.2, -0.15) is 5.10 Å². The van der Waals surface area contributed by atoms with Crippen molar-refractivity contribution >= 4 is 11.6 Å². The van der Waals surface area contributed by atoms with Crippen LogP contribution >= 0.6 is 11.6 Å². The molecule has 0 saturated heterocycles. The van der Waals surface area contributed by atoms with Crippen molar-refractivity contribution in [2.75, 3.05) is 0 Å². The van der Waals surface area contributed by atoms with Crippen LogP contribution in [0.15, 0.2) is 6.07 Å². The molecule has 0 radical (unpaired) electrons. The Kier molecular flexibility index (Phi) is 3.07. The van der Waals surface area contributed by atoms with Crippen molar-refractivity contribution in [3.8, 4) is 5.82 Å². The molecule has 1 aliphatic rings. The molecule has 19 heavy (non-hydrogen) atoms.